The van der Waals surface area contributed by atoms with E-state index in [0.717, 1.165) is 5.56 Å². The molecule has 0 aromatic heterocycles. The Bertz CT molecular complexity index is 753. The molecule has 1 N–H and O–H groups in total. The molecule has 6 heteroatoms. The van der Waals surface area contributed by atoms with Crippen LogP contribution in [0, 0.1) is 0 Å². The Hall–Kier alpha value is -2.89. The van der Waals surface area contributed by atoms with Crippen LogP contribution in [0.2, 0.25) is 0 Å². The third-order valence-corrected chi connectivity index (χ3v) is 4.07. The molecule has 1 atom stereocenters. The Morgan fingerprint density at radius 2 is 1.52 bits per heavy atom. The first-order valence-corrected chi connectivity index (χ1v) is 8.97. The van der Waals surface area contributed by atoms with Crippen molar-refractivity contribution in [2.75, 3.05) is 27.4 Å². The molecule has 0 saturated heterocycles. The summed E-state index contributed by atoms with van der Waals surface area (Å²) in [5, 5.41) is 2.99. The topological polar surface area (TPSA) is 66.0 Å². The van der Waals surface area contributed by atoms with Gasteiger partial charge in [-0.25, -0.2) is 0 Å². The molecule has 0 heterocycles. The van der Waals surface area contributed by atoms with E-state index in [0.29, 0.717) is 41.8 Å². The molecule has 0 spiro atoms. The van der Waals surface area contributed by atoms with Gasteiger partial charge in [-0.2, -0.15) is 0 Å². The van der Waals surface area contributed by atoms with Crippen LogP contribution in [-0.4, -0.2) is 33.3 Å². The normalized spacial score (nSPS) is 11.4. The second-order valence-electron chi connectivity index (χ2n) is 5.80. The van der Waals surface area contributed by atoms with Crippen LogP contribution < -0.4 is 24.3 Å². The highest BCUT2D eigenvalue weighted by Crippen LogP contribution is 2.32. The van der Waals surface area contributed by atoms with Crippen LogP contribution in [0.4, 0.5) is 0 Å². The van der Waals surface area contributed by atoms with Crippen LogP contribution in [0.25, 0.3) is 0 Å². The van der Waals surface area contributed by atoms with Crippen LogP contribution in [0.3, 0.4) is 0 Å². The number of amides is 1. The smallest absolute Gasteiger partial charge is 0.259 e. The molecule has 0 bridgehead atoms. The molecule has 0 aliphatic heterocycles. The fourth-order valence-corrected chi connectivity index (χ4v) is 2.76. The molecule has 2 aromatic carbocycles. The minimum Gasteiger partial charge on any atom is -0.496 e. The first-order valence-electron chi connectivity index (χ1n) is 8.97. The summed E-state index contributed by atoms with van der Waals surface area (Å²) in [6.07, 6.45) is 0. The number of rotatable bonds is 9. The fourth-order valence-electron chi connectivity index (χ4n) is 2.76. The van der Waals surface area contributed by atoms with Gasteiger partial charge in [0.05, 0.1) is 33.5 Å². The Balaban J connectivity index is 2.26. The van der Waals surface area contributed by atoms with Gasteiger partial charge in [-0.1, -0.05) is 12.1 Å². The molecule has 1 amide bonds. The van der Waals surface area contributed by atoms with Crippen molar-refractivity contribution >= 4 is 5.91 Å². The van der Waals surface area contributed by atoms with Crippen molar-refractivity contribution < 1.29 is 23.7 Å². The lowest BCUT2D eigenvalue weighted by atomic mass is 10.1. The number of carbonyl (C=O) groups excluding carboxylic acids is 1. The molecule has 0 radical (unpaired) electrons. The zero-order valence-corrected chi connectivity index (χ0v) is 16.5. The van der Waals surface area contributed by atoms with Crippen molar-refractivity contribution in [3.63, 3.8) is 0 Å². The van der Waals surface area contributed by atoms with E-state index in [-0.39, 0.29) is 11.9 Å². The van der Waals surface area contributed by atoms with Gasteiger partial charge in [-0.15, -0.1) is 0 Å². The van der Waals surface area contributed by atoms with Crippen LogP contribution >= 0.6 is 0 Å². The highest BCUT2D eigenvalue weighted by molar-refractivity contribution is 6.00. The largest absolute Gasteiger partial charge is 0.496 e. The highest BCUT2D eigenvalue weighted by atomic mass is 16.5. The average Bonchev–Trinajstić information content (AvgIpc) is 2.68. The summed E-state index contributed by atoms with van der Waals surface area (Å²) >= 11 is 0. The quantitative estimate of drug-likeness (QED) is 0.720. The summed E-state index contributed by atoms with van der Waals surface area (Å²) in [7, 11) is 3.05. The number of hydrogen-bond acceptors (Lipinski definition) is 5. The molecular formula is C21H27NO5. The number of ether oxygens (including phenoxy) is 4. The second-order valence-corrected chi connectivity index (χ2v) is 5.80. The van der Waals surface area contributed by atoms with Crippen LogP contribution in [0.15, 0.2) is 36.4 Å². The molecule has 0 saturated carbocycles. The van der Waals surface area contributed by atoms with Gasteiger partial charge in [-0.3, -0.25) is 4.79 Å². The number of hydrogen-bond donors (Lipinski definition) is 1. The van der Waals surface area contributed by atoms with Crippen molar-refractivity contribution in [2.45, 2.75) is 26.8 Å². The summed E-state index contributed by atoms with van der Waals surface area (Å²) in [5.74, 6) is 1.99. The van der Waals surface area contributed by atoms with E-state index in [1.165, 1.54) is 14.2 Å². The van der Waals surface area contributed by atoms with Gasteiger partial charge in [0.1, 0.15) is 17.1 Å². The van der Waals surface area contributed by atoms with Crippen LogP contribution in [0.1, 0.15) is 42.7 Å². The van der Waals surface area contributed by atoms with E-state index in [4.69, 9.17) is 18.9 Å². The van der Waals surface area contributed by atoms with E-state index < -0.39 is 0 Å². The predicted molar refractivity (Wildman–Crippen MR) is 104 cm³/mol. The Labute approximate surface area is 160 Å². The summed E-state index contributed by atoms with van der Waals surface area (Å²) < 4.78 is 21.9. The number of nitrogens with one attached hydrogen (secondary N) is 1. The van der Waals surface area contributed by atoms with Crippen molar-refractivity contribution in [1.29, 1.82) is 0 Å². The monoisotopic (exact) mass is 373 g/mol. The lowest BCUT2D eigenvalue weighted by molar-refractivity contribution is 0.0933. The van der Waals surface area contributed by atoms with E-state index in [1.807, 2.05) is 39.0 Å². The minimum atomic E-state index is -0.274. The molecule has 2 rings (SSSR count). The van der Waals surface area contributed by atoms with Gasteiger partial charge in [0.15, 0.2) is 11.5 Å². The number of benzene rings is 2. The lowest BCUT2D eigenvalue weighted by Gasteiger charge is -2.19. The Kier molecular flexibility index (Phi) is 7.34. The predicted octanol–water partition coefficient (Wildman–Crippen LogP) is 3.99. The van der Waals surface area contributed by atoms with Crippen LogP contribution in [-0.2, 0) is 0 Å². The fraction of sp³-hybridized carbons (Fsp3) is 0.381. The maximum absolute atomic E-state index is 12.8. The van der Waals surface area contributed by atoms with E-state index in [9.17, 15) is 4.79 Å². The SMILES string of the molecule is CCOc1ccc([C@H](C)NC(=O)c2c(OC)cccc2OC)cc1OCC. The minimum absolute atomic E-state index is 0.248. The molecule has 27 heavy (non-hydrogen) atoms. The zero-order chi connectivity index (χ0) is 19.8. The number of methoxy groups -OCH3 is 2. The third-order valence-electron chi connectivity index (χ3n) is 4.07. The molecule has 0 unspecified atom stereocenters. The Morgan fingerprint density at radius 3 is 2.07 bits per heavy atom. The van der Waals surface area contributed by atoms with Gasteiger partial charge in [0.25, 0.3) is 5.91 Å². The van der Waals surface area contributed by atoms with Crippen molar-refractivity contribution in [2.24, 2.45) is 0 Å². The summed E-state index contributed by atoms with van der Waals surface area (Å²) in [5.41, 5.74) is 1.27. The summed E-state index contributed by atoms with van der Waals surface area (Å²) in [6.45, 7) is 6.84. The van der Waals surface area contributed by atoms with E-state index >= 15 is 0 Å². The summed E-state index contributed by atoms with van der Waals surface area (Å²) in [4.78, 5) is 12.8. The maximum Gasteiger partial charge on any atom is 0.259 e. The lowest BCUT2D eigenvalue weighted by Crippen LogP contribution is -2.27. The van der Waals surface area contributed by atoms with E-state index in [2.05, 4.69) is 5.32 Å². The Morgan fingerprint density at radius 1 is 0.926 bits per heavy atom. The van der Waals surface area contributed by atoms with E-state index in [1.54, 1.807) is 18.2 Å². The second kappa shape index (κ2) is 9.71. The standard InChI is InChI=1S/C21H27NO5/c1-6-26-16-12-11-15(13-19(16)27-7-2)14(3)22-21(23)20-17(24-4)9-8-10-18(20)25-5/h8-14H,6-7H2,1-5H3,(H,22,23)/t14-/m0/s1. The molecule has 0 fully saturated rings. The average molecular weight is 373 g/mol. The highest BCUT2D eigenvalue weighted by Gasteiger charge is 2.21. The van der Waals surface area contributed by atoms with Gasteiger partial charge in [0, 0.05) is 0 Å². The molecule has 0 aliphatic carbocycles. The summed E-state index contributed by atoms with van der Waals surface area (Å²) in [6, 6.07) is 10.6. The van der Waals surface area contributed by atoms with Gasteiger partial charge < -0.3 is 24.3 Å². The molecule has 146 valence electrons. The van der Waals surface area contributed by atoms with Crippen molar-refractivity contribution in [1.82, 2.24) is 5.32 Å². The van der Waals surface area contributed by atoms with Crippen LogP contribution in [0.5, 0.6) is 23.0 Å². The molecule has 6 nitrogen and oxygen atoms in total. The molecular weight excluding hydrogens is 346 g/mol. The molecule has 0 aliphatic rings. The van der Waals surface area contributed by atoms with Gasteiger partial charge in [-0.05, 0) is 50.6 Å². The first-order chi connectivity index (χ1) is 13.0. The van der Waals surface area contributed by atoms with Crippen molar-refractivity contribution in [3.8, 4) is 23.0 Å². The van der Waals surface area contributed by atoms with Gasteiger partial charge >= 0.3 is 0 Å². The number of carbonyl (C=O) groups is 1. The zero-order valence-electron chi connectivity index (χ0n) is 16.5. The first kappa shape index (κ1) is 20.4. The maximum atomic E-state index is 12.8. The van der Waals surface area contributed by atoms with Gasteiger partial charge in [0.2, 0.25) is 0 Å². The third kappa shape index (κ3) is 4.84. The van der Waals surface area contributed by atoms with Crippen molar-refractivity contribution in [3.05, 3.63) is 47.5 Å². The molecule has 2 aromatic rings.